The average Bonchev–Trinajstić information content (AvgIpc) is 2.85. The highest BCUT2D eigenvalue weighted by atomic mass is 32.2. The molecule has 108 valence electrons. The number of nitrogens with two attached hydrogens (primary N) is 1. The van der Waals surface area contributed by atoms with E-state index in [0.29, 0.717) is 0 Å². The zero-order chi connectivity index (χ0) is 14.7. The van der Waals surface area contributed by atoms with Gasteiger partial charge in [0.25, 0.3) is 0 Å². The molecule has 3 aromatic rings. The molecule has 21 heavy (non-hydrogen) atoms. The quantitative estimate of drug-likeness (QED) is 0.554. The first-order chi connectivity index (χ1) is 10.2. The topological polar surface area (TPSA) is 54.7 Å². The molecular weight excluding hydrogens is 278 g/mol. The number of H-pyrrole nitrogens is 1. The first-order valence-electron chi connectivity index (χ1n) is 7.08. The molecule has 1 aromatic heterocycles. The number of fused-ring (bicyclic) bond motifs is 1. The number of nitrogen functional groups attached to an aromatic ring is 1. The monoisotopic (exact) mass is 297 g/mol. The maximum Gasteiger partial charge on any atom is 0.108 e. The normalized spacial score (nSPS) is 11.1. The van der Waals surface area contributed by atoms with E-state index in [1.165, 1.54) is 11.1 Å². The minimum absolute atomic E-state index is 0.770. The standard InChI is InChI=1S/C17H19N3S/c1-12-3-2-4-13(9-12)11-21-8-7-17-19-15-6-5-14(18)10-16(15)20-17/h2-6,9-10H,7-8,11,18H2,1H3,(H,19,20). The molecule has 3 N–H and O–H groups in total. The minimum atomic E-state index is 0.770. The van der Waals surface area contributed by atoms with E-state index in [0.717, 1.165) is 40.5 Å². The maximum atomic E-state index is 5.78. The fraction of sp³-hybridized carbons (Fsp3) is 0.235. The molecule has 2 aromatic carbocycles. The molecule has 0 saturated heterocycles. The van der Waals surface area contributed by atoms with Gasteiger partial charge < -0.3 is 10.7 Å². The van der Waals surface area contributed by atoms with Gasteiger partial charge in [-0.05, 0) is 30.7 Å². The van der Waals surface area contributed by atoms with Gasteiger partial charge in [0.05, 0.1) is 11.0 Å². The number of rotatable bonds is 5. The molecule has 0 amide bonds. The van der Waals surface area contributed by atoms with Crippen LogP contribution in [0.25, 0.3) is 11.0 Å². The van der Waals surface area contributed by atoms with E-state index >= 15 is 0 Å². The molecule has 4 heteroatoms. The van der Waals surface area contributed by atoms with Crippen LogP contribution in [0.3, 0.4) is 0 Å². The summed E-state index contributed by atoms with van der Waals surface area (Å²) < 4.78 is 0. The lowest BCUT2D eigenvalue weighted by Crippen LogP contribution is -1.92. The highest BCUT2D eigenvalue weighted by Crippen LogP contribution is 2.17. The second kappa shape index (κ2) is 6.22. The molecule has 0 spiro atoms. The summed E-state index contributed by atoms with van der Waals surface area (Å²) >= 11 is 1.94. The summed E-state index contributed by atoms with van der Waals surface area (Å²) in [4.78, 5) is 7.93. The second-order valence-corrected chi connectivity index (χ2v) is 6.36. The average molecular weight is 297 g/mol. The molecule has 0 bridgehead atoms. The van der Waals surface area contributed by atoms with Crippen LogP contribution in [0.4, 0.5) is 5.69 Å². The summed E-state index contributed by atoms with van der Waals surface area (Å²) in [6, 6.07) is 14.5. The molecular formula is C17H19N3S. The largest absolute Gasteiger partial charge is 0.399 e. The minimum Gasteiger partial charge on any atom is -0.399 e. The van der Waals surface area contributed by atoms with E-state index in [2.05, 4.69) is 41.2 Å². The Hall–Kier alpha value is -1.94. The van der Waals surface area contributed by atoms with Gasteiger partial charge >= 0.3 is 0 Å². The fourth-order valence-corrected chi connectivity index (χ4v) is 3.26. The van der Waals surface area contributed by atoms with Crippen LogP contribution < -0.4 is 5.73 Å². The molecule has 0 aliphatic heterocycles. The van der Waals surface area contributed by atoms with Crippen molar-refractivity contribution in [2.24, 2.45) is 0 Å². The Morgan fingerprint density at radius 2 is 2.10 bits per heavy atom. The van der Waals surface area contributed by atoms with E-state index in [9.17, 15) is 0 Å². The summed E-state index contributed by atoms with van der Waals surface area (Å²) in [7, 11) is 0. The smallest absolute Gasteiger partial charge is 0.108 e. The van der Waals surface area contributed by atoms with E-state index in [1.54, 1.807) is 0 Å². The summed E-state index contributed by atoms with van der Waals surface area (Å²) in [5.41, 5.74) is 11.3. The predicted octanol–water partition coefficient (Wildman–Crippen LogP) is 3.93. The number of hydrogen-bond acceptors (Lipinski definition) is 3. The number of aryl methyl sites for hydroxylation is 2. The summed E-state index contributed by atoms with van der Waals surface area (Å²) in [5.74, 6) is 3.14. The Kier molecular flexibility index (Phi) is 4.15. The molecule has 0 radical (unpaired) electrons. The molecule has 0 aliphatic rings. The van der Waals surface area contributed by atoms with Gasteiger partial charge in [-0.25, -0.2) is 4.98 Å². The number of hydrogen-bond donors (Lipinski definition) is 2. The van der Waals surface area contributed by atoms with Gasteiger partial charge in [-0.1, -0.05) is 29.8 Å². The van der Waals surface area contributed by atoms with Gasteiger partial charge in [0.1, 0.15) is 5.82 Å². The lowest BCUT2D eigenvalue weighted by Gasteiger charge is -2.02. The van der Waals surface area contributed by atoms with Crippen LogP contribution in [0.15, 0.2) is 42.5 Å². The lowest BCUT2D eigenvalue weighted by molar-refractivity contribution is 1.01. The summed E-state index contributed by atoms with van der Waals surface area (Å²) in [5, 5.41) is 0. The van der Waals surface area contributed by atoms with Gasteiger partial charge in [0, 0.05) is 23.6 Å². The number of anilines is 1. The van der Waals surface area contributed by atoms with Crippen molar-refractivity contribution >= 4 is 28.5 Å². The third-order valence-corrected chi connectivity index (χ3v) is 4.42. The van der Waals surface area contributed by atoms with Crippen molar-refractivity contribution in [2.45, 2.75) is 19.1 Å². The lowest BCUT2D eigenvalue weighted by atomic mass is 10.2. The number of aromatic amines is 1. The van der Waals surface area contributed by atoms with Crippen LogP contribution in [0.5, 0.6) is 0 Å². The van der Waals surface area contributed by atoms with E-state index < -0.39 is 0 Å². The van der Waals surface area contributed by atoms with E-state index in [-0.39, 0.29) is 0 Å². The van der Waals surface area contributed by atoms with Crippen molar-refractivity contribution < 1.29 is 0 Å². The maximum absolute atomic E-state index is 5.78. The number of thioether (sulfide) groups is 1. The van der Waals surface area contributed by atoms with Crippen molar-refractivity contribution in [2.75, 3.05) is 11.5 Å². The summed E-state index contributed by atoms with van der Waals surface area (Å²) in [6.45, 7) is 2.13. The molecule has 0 atom stereocenters. The SMILES string of the molecule is Cc1cccc(CSCCc2nc3ccc(N)cc3[nH]2)c1. The Morgan fingerprint density at radius 3 is 2.95 bits per heavy atom. The van der Waals surface area contributed by atoms with Crippen molar-refractivity contribution in [3.05, 3.63) is 59.4 Å². The molecule has 0 saturated carbocycles. The van der Waals surface area contributed by atoms with Crippen molar-refractivity contribution in [1.29, 1.82) is 0 Å². The zero-order valence-electron chi connectivity index (χ0n) is 12.1. The number of imidazole rings is 1. The van der Waals surface area contributed by atoms with Gasteiger partial charge in [-0.3, -0.25) is 0 Å². The van der Waals surface area contributed by atoms with Gasteiger partial charge in [-0.15, -0.1) is 0 Å². The van der Waals surface area contributed by atoms with Crippen LogP contribution in [0.1, 0.15) is 17.0 Å². The predicted molar refractivity (Wildman–Crippen MR) is 91.6 cm³/mol. The van der Waals surface area contributed by atoms with Crippen LogP contribution in [0, 0.1) is 6.92 Å². The number of benzene rings is 2. The fourth-order valence-electron chi connectivity index (χ4n) is 2.36. The van der Waals surface area contributed by atoms with Crippen molar-refractivity contribution in [1.82, 2.24) is 9.97 Å². The van der Waals surface area contributed by atoms with Crippen LogP contribution in [-0.2, 0) is 12.2 Å². The Bertz CT molecular complexity index is 749. The molecule has 0 fully saturated rings. The Labute approximate surface area is 129 Å². The first kappa shape index (κ1) is 14.0. The van der Waals surface area contributed by atoms with Crippen molar-refractivity contribution in [3.8, 4) is 0 Å². The number of nitrogens with zero attached hydrogens (tertiary/aromatic N) is 1. The van der Waals surface area contributed by atoms with Crippen molar-refractivity contribution in [3.63, 3.8) is 0 Å². The summed E-state index contributed by atoms with van der Waals surface area (Å²) in [6.07, 6.45) is 0.949. The van der Waals surface area contributed by atoms with E-state index in [1.807, 2.05) is 30.0 Å². The first-order valence-corrected chi connectivity index (χ1v) is 8.23. The number of aromatic nitrogens is 2. The molecule has 1 heterocycles. The van der Waals surface area contributed by atoms with Crippen LogP contribution in [0.2, 0.25) is 0 Å². The van der Waals surface area contributed by atoms with Gasteiger partial charge in [0.15, 0.2) is 0 Å². The zero-order valence-corrected chi connectivity index (χ0v) is 12.9. The molecule has 3 rings (SSSR count). The highest BCUT2D eigenvalue weighted by molar-refractivity contribution is 7.98. The third-order valence-electron chi connectivity index (χ3n) is 3.39. The second-order valence-electron chi connectivity index (χ2n) is 5.25. The van der Waals surface area contributed by atoms with Crippen LogP contribution >= 0.6 is 11.8 Å². The molecule has 3 nitrogen and oxygen atoms in total. The van der Waals surface area contributed by atoms with Gasteiger partial charge in [-0.2, -0.15) is 11.8 Å². The Balaban J connectivity index is 1.54. The van der Waals surface area contributed by atoms with E-state index in [4.69, 9.17) is 5.73 Å². The van der Waals surface area contributed by atoms with Gasteiger partial charge in [0.2, 0.25) is 0 Å². The molecule has 0 aliphatic carbocycles. The molecule has 0 unspecified atom stereocenters. The van der Waals surface area contributed by atoms with Crippen LogP contribution in [-0.4, -0.2) is 15.7 Å². The third kappa shape index (κ3) is 3.58. The number of nitrogens with one attached hydrogen (secondary N) is 1. The highest BCUT2D eigenvalue weighted by Gasteiger charge is 2.03. The Morgan fingerprint density at radius 1 is 1.19 bits per heavy atom.